The molecule has 4 N–H and O–H groups in total. The Kier molecular flexibility index (Phi) is 6.61. The highest BCUT2D eigenvalue weighted by molar-refractivity contribution is 9.10. The molecule has 1 aliphatic heterocycles. The number of amides is 2. The number of pyridine rings is 1. The summed E-state index contributed by atoms with van der Waals surface area (Å²) in [5.74, 6) is -4.18. The first-order valence-corrected chi connectivity index (χ1v) is 12.5. The van der Waals surface area contributed by atoms with Gasteiger partial charge in [-0.3, -0.25) is 9.59 Å². The maximum Gasteiger partial charge on any atom is 0.398 e. The quantitative estimate of drug-likeness (QED) is 0.258. The zero-order valence-electron chi connectivity index (χ0n) is 20.3. The van der Waals surface area contributed by atoms with Gasteiger partial charge in [0.15, 0.2) is 0 Å². The van der Waals surface area contributed by atoms with Crippen LogP contribution in [0.15, 0.2) is 59.2 Å². The van der Waals surface area contributed by atoms with Crippen molar-refractivity contribution in [1.82, 2.24) is 15.3 Å². The SMILES string of the molecule is C[C@]1(C(N)=O)COc2c1cc([C@@H](CNC(=O)c1cc(Br)c3[nH]ccc3c1)C(F)(F)F)nc2-c1ccc(F)cc1. The van der Waals surface area contributed by atoms with Gasteiger partial charge in [0.1, 0.15) is 35.2 Å². The molecule has 0 fully saturated rings. The van der Waals surface area contributed by atoms with Crippen LogP contribution in [-0.4, -0.2) is 41.1 Å². The van der Waals surface area contributed by atoms with Crippen molar-refractivity contribution in [3.8, 4) is 17.0 Å². The molecule has 4 aromatic rings. The van der Waals surface area contributed by atoms with Crippen molar-refractivity contribution in [1.29, 1.82) is 0 Å². The molecule has 202 valence electrons. The standard InChI is InChI=1S/C27H21BrF4N4O3/c1-26(25(33)38)12-39-23-17(26)10-20(36-22(23)13-2-4-16(29)5-3-13)18(27(30,31)32)11-35-24(37)15-8-14-6-7-34-21(14)19(28)9-15/h2-10,18,34H,11-12H2,1H3,(H2,33,38)(H,35,37)/t18-,26+/m1/s1. The molecule has 5 rings (SSSR count). The Labute approximate surface area is 227 Å². The normalized spacial score (nSPS) is 17.5. The Bertz CT molecular complexity index is 1600. The van der Waals surface area contributed by atoms with E-state index in [2.05, 4.69) is 31.2 Å². The lowest BCUT2D eigenvalue weighted by Gasteiger charge is -2.24. The highest BCUT2D eigenvalue weighted by Crippen LogP contribution is 2.46. The lowest BCUT2D eigenvalue weighted by molar-refractivity contribution is -0.149. The number of aromatic amines is 1. The van der Waals surface area contributed by atoms with Gasteiger partial charge in [-0.05, 0) is 71.4 Å². The number of ether oxygens (including phenoxy) is 1. The summed E-state index contributed by atoms with van der Waals surface area (Å²) >= 11 is 3.35. The second-order valence-corrected chi connectivity index (χ2v) is 10.3. The molecule has 12 heteroatoms. The Morgan fingerprint density at radius 3 is 2.59 bits per heavy atom. The molecule has 0 aliphatic carbocycles. The largest absolute Gasteiger partial charge is 0.489 e. The summed E-state index contributed by atoms with van der Waals surface area (Å²) in [6.45, 7) is 0.452. The number of carbonyl (C=O) groups excluding carboxylic acids is 2. The third-order valence-corrected chi connectivity index (χ3v) is 7.47. The average molecular weight is 605 g/mol. The minimum Gasteiger partial charge on any atom is -0.489 e. The third kappa shape index (κ3) is 4.84. The van der Waals surface area contributed by atoms with E-state index < -0.39 is 47.4 Å². The molecular weight excluding hydrogens is 584 g/mol. The van der Waals surface area contributed by atoms with E-state index in [-0.39, 0.29) is 34.7 Å². The van der Waals surface area contributed by atoms with Crippen LogP contribution in [0.5, 0.6) is 5.75 Å². The van der Waals surface area contributed by atoms with Gasteiger partial charge in [-0.25, -0.2) is 9.37 Å². The molecular formula is C27H21BrF4N4O3. The molecule has 2 aromatic heterocycles. The van der Waals surface area contributed by atoms with E-state index in [0.717, 1.165) is 23.7 Å². The number of halogens is 5. The molecule has 1 aliphatic rings. The van der Waals surface area contributed by atoms with Crippen LogP contribution in [0, 0.1) is 5.82 Å². The number of nitrogens with one attached hydrogen (secondary N) is 2. The monoisotopic (exact) mass is 604 g/mol. The van der Waals surface area contributed by atoms with Gasteiger partial charge in [-0.15, -0.1) is 0 Å². The van der Waals surface area contributed by atoms with Crippen molar-refractivity contribution in [3.05, 3.63) is 81.8 Å². The van der Waals surface area contributed by atoms with Crippen LogP contribution in [0.4, 0.5) is 17.6 Å². The van der Waals surface area contributed by atoms with Gasteiger partial charge < -0.3 is 20.8 Å². The first-order valence-electron chi connectivity index (χ1n) is 11.7. The van der Waals surface area contributed by atoms with Crippen LogP contribution < -0.4 is 15.8 Å². The topological polar surface area (TPSA) is 110 Å². The van der Waals surface area contributed by atoms with Crippen molar-refractivity contribution >= 4 is 38.6 Å². The second kappa shape index (κ2) is 9.67. The number of nitrogens with two attached hydrogens (primary N) is 1. The van der Waals surface area contributed by atoms with Crippen LogP contribution in [0.2, 0.25) is 0 Å². The van der Waals surface area contributed by atoms with E-state index in [9.17, 15) is 27.2 Å². The zero-order valence-corrected chi connectivity index (χ0v) is 21.9. The zero-order chi connectivity index (χ0) is 28.1. The summed E-state index contributed by atoms with van der Waals surface area (Å²) in [5.41, 5.74) is 5.09. The fourth-order valence-electron chi connectivity index (χ4n) is 4.53. The van der Waals surface area contributed by atoms with E-state index in [1.165, 1.54) is 25.1 Å². The number of fused-ring (bicyclic) bond motifs is 2. The minimum atomic E-state index is -4.82. The molecule has 0 saturated heterocycles. The molecule has 39 heavy (non-hydrogen) atoms. The Morgan fingerprint density at radius 1 is 1.21 bits per heavy atom. The second-order valence-electron chi connectivity index (χ2n) is 9.47. The summed E-state index contributed by atoms with van der Waals surface area (Å²) in [4.78, 5) is 32.5. The van der Waals surface area contributed by atoms with Gasteiger partial charge in [0, 0.05) is 39.3 Å². The lowest BCUT2D eigenvalue weighted by Crippen LogP contribution is -2.40. The number of aromatic nitrogens is 2. The number of H-pyrrole nitrogens is 1. The number of benzene rings is 2. The number of alkyl halides is 3. The third-order valence-electron chi connectivity index (χ3n) is 6.85. The maximum absolute atomic E-state index is 14.4. The average Bonchev–Trinajstić information content (AvgIpc) is 3.49. The summed E-state index contributed by atoms with van der Waals surface area (Å²) in [6, 6.07) is 10.9. The Hall–Kier alpha value is -3.93. The van der Waals surface area contributed by atoms with Crippen LogP contribution in [0.25, 0.3) is 22.2 Å². The lowest BCUT2D eigenvalue weighted by atomic mass is 9.82. The fourth-order valence-corrected chi connectivity index (χ4v) is 5.12. The summed E-state index contributed by atoms with van der Waals surface area (Å²) < 4.78 is 63.1. The number of hydrogen-bond donors (Lipinski definition) is 3. The molecule has 0 unspecified atom stereocenters. The Balaban J connectivity index is 1.55. The number of hydrogen-bond acceptors (Lipinski definition) is 4. The fraction of sp³-hybridized carbons (Fsp3) is 0.222. The van der Waals surface area contributed by atoms with E-state index in [1.807, 2.05) is 0 Å². The van der Waals surface area contributed by atoms with Gasteiger partial charge >= 0.3 is 6.18 Å². The van der Waals surface area contributed by atoms with Gasteiger partial charge in [-0.2, -0.15) is 13.2 Å². The van der Waals surface area contributed by atoms with Crippen molar-refractivity contribution in [2.24, 2.45) is 5.73 Å². The van der Waals surface area contributed by atoms with Crippen LogP contribution in [0.1, 0.15) is 34.5 Å². The van der Waals surface area contributed by atoms with E-state index >= 15 is 0 Å². The highest BCUT2D eigenvalue weighted by Gasteiger charge is 2.47. The number of rotatable bonds is 6. The van der Waals surface area contributed by atoms with Crippen LogP contribution in [0.3, 0.4) is 0 Å². The smallest absolute Gasteiger partial charge is 0.398 e. The number of primary amides is 1. The minimum absolute atomic E-state index is 0.00916. The molecule has 2 amide bonds. The number of carbonyl (C=O) groups is 2. The molecule has 7 nitrogen and oxygen atoms in total. The van der Waals surface area contributed by atoms with Gasteiger partial charge in [-0.1, -0.05) is 0 Å². The van der Waals surface area contributed by atoms with Gasteiger partial charge in [0.2, 0.25) is 5.91 Å². The predicted molar refractivity (Wildman–Crippen MR) is 139 cm³/mol. The van der Waals surface area contributed by atoms with E-state index in [1.54, 1.807) is 18.3 Å². The molecule has 2 atom stereocenters. The Morgan fingerprint density at radius 2 is 1.92 bits per heavy atom. The van der Waals surface area contributed by atoms with Crippen molar-refractivity contribution in [2.75, 3.05) is 13.2 Å². The predicted octanol–water partition coefficient (Wildman–Crippen LogP) is 5.34. The number of nitrogens with zero attached hydrogens (tertiary/aromatic N) is 1. The molecule has 0 bridgehead atoms. The first-order chi connectivity index (χ1) is 18.4. The van der Waals surface area contributed by atoms with Crippen molar-refractivity contribution in [2.45, 2.75) is 24.4 Å². The van der Waals surface area contributed by atoms with Crippen molar-refractivity contribution < 1.29 is 31.9 Å². The summed E-state index contributed by atoms with van der Waals surface area (Å²) in [7, 11) is 0. The highest BCUT2D eigenvalue weighted by atomic mass is 79.9. The molecule has 0 saturated carbocycles. The maximum atomic E-state index is 14.4. The molecule has 0 radical (unpaired) electrons. The van der Waals surface area contributed by atoms with Crippen LogP contribution in [-0.2, 0) is 10.2 Å². The van der Waals surface area contributed by atoms with Crippen molar-refractivity contribution in [3.63, 3.8) is 0 Å². The van der Waals surface area contributed by atoms with E-state index in [4.69, 9.17) is 10.5 Å². The molecule has 0 spiro atoms. The molecule has 3 heterocycles. The van der Waals surface area contributed by atoms with Gasteiger partial charge in [0.25, 0.3) is 5.91 Å². The first kappa shape index (κ1) is 26.7. The van der Waals surface area contributed by atoms with Crippen LogP contribution >= 0.6 is 15.9 Å². The summed E-state index contributed by atoms with van der Waals surface area (Å²) in [6.07, 6.45) is -3.14. The summed E-state index contributed by atoms with van der Waals surface area (Å²) in [5, 5.41) is 3.07. The molecule has 2 aromatic carbocycles. The van der Waals surface area contributed by atoms with E-state index in [0.29, 0.717) is 9.86 Å². The van der Waals surface area contributed by atoms with Gasteiger partial charge in [0.05, 0.1) is 11.2 Å².